The highest BCUT2D eigenvalue weighted by atomic mass is 16.4. The summed E-state index contributed by atoms with van der Waals surface area (Å²) in [7, 11) is 1.92. The smallest absolute Gasteiger partial charge is 0.345 e. The molecule has 0 spiro atoms. The van der Waals surface area contributed by atoms with Gasteiger partial charge in [-0.3, -0.25) is 4.79 Å². The van der Waals surface area contributed by atoms with Crippen LogP contribution in [-0.4, -0.2) is 38.8 Å². The Kier molecular flexibility index (Phi) is 4.68. The molecule has 0 aliphatic carbocycles. The molecule has 3 heterocycles. The molecule has 1 aromatic carbocycles. The number of carboxylic acid groups (broad SMARTS) is 1. The van der Waals surface area contributed by atoms with Crippen LogP contribution < -0.4 is 16.6 Å². The zero-order chi connectivity index (χ0) is 20.9. The van der Waals surface area contributed by atoms with Crippen LogP contribution >= 0.6 is 0 Å². The van der Waals surface area contributed by atoms with Crippen LogP contribution in [0.15, 0.2) is 29.1 Å². The van der Waals surface area contributed by atoms with Crippen molar-refractivity contribution < 1.29 is 15.0 Å². The van der Waals surface area contributed by atoms with Crippen molar-refractivity contribution in [3.63, 3.8) is 0 Å². The van der Waals surface area contributed by atoms with Gasteiger partial charge in [0.25, 0.3) is 5.56 Å². The third-order valence-corrected chi connectivity index (χ3v) is 5.74. The zero-order valence-electron chi connectivity index (χ0n) is 16.3. The summed E-state index contributed by atoms with van der Waals surface area (Å²) in [5.74, 6) is -1.92. The second-order valence-corrected chi connectivity index (χ2v) is 7.48. The standard InChI is InChI=1S/C21H24N4O4/c1-3-13-18(24-20(27)17(19(13)26)21(28)29)10-4-5-15-11(6-10)7-16-14(23-2)8-12(22)9-25(15)16/h4-7,12,14,23H,3,8-9,22H2,1-2H3,(H,28,29)(H2,24,26,27). The van der Waals surface area contributed by atoms with Crippen LogP contribution in [-0.2, 0) is 13.0 Å². The summed E-state index contributed by atoms with van der Waals surface area (Å²) in [4.78, 5) is 26.2. The third-order valence-electron chi connectivity index (χ3n) is 5.74. The number of aromatic amines is 1. The highest BCUT2D eigenvalue weighted by molar-refractivity contribution is 5.92. The van der Waals surface area contributed by atoms with Gasteiger partial charge in [0.05, 0.1) is 5.69 Å². The molecule has 0 amide bonds. The van der Waals surface area contributed by atoms with Crippen LogP contribution in [0.4, 0.5) is 0 Å². The van der Waals surface area contributed by atoms with Crippen LogP contribution in [0.2, 0.25) is 0 Å². The average molecular weight is 396 g/mol. The van der Waals surface area contributed by atoms with Crippen LogP contribution in [0.25, 0.3) is 22.2 Å². The lowest BCUT2D eigenvalue weighted by atomic mass is 9.99. The van der Waals surface area contributed by atoms with E-state index in [2.05, 4.69) is 20.9 Å². The van der Waals surface area contributed by atoms with E-state index in [0.717, 1.165) is 29.6 Å². The number of fused-ring (bicyclic) bond motifs is 3. The quantitative estimate of drug-likeness (QED) is 0.458. The van der Waals surface area contributed by atoms with E-state index < -0.39 is 22.8 Å². The molecule has 2 atom stereocenters. The molecular weight excluding hydrogens is 372 g/mol. The molecule has 29 heavy (non-hydrogen) atoms. The summed E-state index contributed by atoms with van der Waals surface area (Å²) >= 11 is 0. The number of nitrogens with zero attached hydrogens (tertiary/aromatic N) is 1. The molecule has 4 rings (SSSR count). The molecule has 2 aromatic heterocycles. The number of carbonyl (C=O) groups is 1. The van der Waals surface area contributed by atoms with Gasteiger partial charge in [-0.2, -0.15) is 0 Å². The van der Waals surface area contributed by atoms with Crippen molar-refractivity contribution in [1.29, 1.82) is 0 Å². The largest absolute Gasteiger partial charge is 0.506 e. The molecule has 3 aromatic rings. The van der Waals surface area contributed by atoms with Gasteiger partial charge in [0.2, 0.25) is 0 Å². The van der Waals surface area contributed by atoms with Crippen molar-refractivity contribution in [2.24, 2.45) is 5.73 Å². The van der Waals surface area contributed by atoms with Crippen LogP contribution in [0.5, 0.6) is 5.75 Å². The predicted molar refractivity (Wildman–Crippen MR) is 110 cm³/mol. The van der Waals surface area contributed by atoms with Gasteiger partial charge in [0.1, 0.15) is 5.75 Å². The van der Waals surface area contributed by atoms with E-state index in [1.54, 1.807) is 6.92 Å². The van der Waals surface area contributed by atoms with Crippen molar-refractivity contribution in [2.75, 3.05) is 7.05 Å². The van der Waals surface area contributed by atoms with Crippen LogP contribution in [0, 0.1) is 0 Å². The Morgan fingerprint density at radius 1 is 1.38 bits per heavy atom. The molecular formula is C21H24N4O4. The molecule has 8 heteroatoms. The second kappa shape index (κ2) is 7.06. The molecule has 1 aliphatic rings. The first-order valence-corrected chi connectivity index (χ1v) is 9.63. The molecule has 0 saturated carbocycles. The van der Waals surface area contributed by atoms with E-state index in [1.807, 2.05) is 25.2 Å². The summed E-state index contributed by atoms with van der Waals surface area (Å²) < 4.78 is 2.21. The number of carboxylic acids is 1. The zero-order valence-corrected chi connectivity index (χ0v) is 16.3. The number of hydrogen-bond donors (Lipinski definition) is 5. The molecule has 2 unspecified atom stereocenters. The summed E-state index contributed by atoms with van der Waals surface area (Å²) in [6.45, 7) is 2.54. The maximum Gasteiger partial charge on any atom is 0.345 e. The SMILES string of the molecule is CCc1c(-c2ccc3c(c2)cc2n3CC(N)CC2NC)[nH]c(=O)c(C(=O)O)c1O. The fourth-order valence-corrected chi connectivity index (χ4v) is 4.36. The predicted octanol–water partition coefficient (Wildman–Crippen LogP) is 1.95. The van der Waals surface area contributed by atoms with Crippen molar-refractivity contribution in [3.05, 3.63) is 51.4 Å². The fourth-order valence-electron chi connectivity index (χ4n) is 4.36. The number of aromatic nitrogens is 2. The number of benzene rings is 1. The Morgan fingerprint density at radius 3 is 2.79 bits per heavy atom. The van der Waals surface area contributed by atoms with E-state index >= 15 is 0 Å². The number of aromatic carboxylic acids is 1. The van der Waals surface area contributed by atoms with Gasteiger partial charge < -0.3 is 30.8 Å². The summed E-state index contributed by atoms with van der Waals surface area (Å²) in [6, 6.07) is 8.13. The summed E-state index contributed by atoms with van der Waals surface area (Å²) in [5, 5.41) is 23.9. The van der Waals surface area contributed by atoms with Gasteiger partial charge in [-0.1, -0.05) is 13.0 Å². The number of aromatic hydroxyl groups is 1. The normalized spacial score (nSPS) is 18.7. The molecule has 0 fully saturated rings. The van der Waals surface area contributed by atoms with E-state index in [1.165, 1.54) is 0 Å². The van der Waals surface area contributed by atoms with E-state index in [4.69, 9.17) is 5.73 Å². The first kappa shape index (κ1) is 19.2. The molecule has 1 aliphatic heterocycles. The highest BCUT2D eigenvalue weighted by Crippen LogP contribution is 2.35. The Morgan fingerprint density at radius 2 is 2.14 bits per heavy atom. The number of hydrogen-bond acceptors (Lipinski definition) is 5. The Labute approximate surface area is 167 Å². The Hall–Kier alpha value is -3.10. The van der Waals surface area contributed by atoms with Crippen molar-refractivity contribution in [1.82, 2.24) is 14.9 Å². The number of nitrogens with two attached hydrogens (primary N) is 1. The minimum atomic E-state index is -1.45. The van der Waals surface area contributed by atoms with Gasteiger partial charge >= 0.3 is 5.97 Å². The maximum atomic E-state index is 12.3. The average Bonchev–Trinajstić information content (AvgIpc) is 3.04. The lowest BCUT2D eigenvalue weighted by Gasteiger charge is -2.29. The van der Waals surface area contributed by atoms with Crippen LogP contribution in [0.3, 0.4) is 0 Å². The second-order valence-electron chi connectivity index (χ2n) is 7.48. The van der Waals surface area contributed by atoms with Gasteiger partial charge in [0, 0.05) is 40.8 Å². The molecule has 0 saturated heterocycles. The molecule has 152 valence electrons. The first-order chi connectivity index (χ1) is 13.8. The molecule has 8 nitrogen and oxygen atoms in total. The summed E-state index contributed by atoms with van der Waals surface area (Å²) in [5.41, 5.74) is 8.54. The topological polar surface area (TPSA) is 133 Å². The van der Waals surface area contributed by atoms with Crippen molar-refractivity contribution in [2.45, 2.75) is 38.4 Å². The van der Waals surface area contributed by atoms with Crippen molar-refractivity contribution in [3.8, 4) is 17.0 Å². The van der Waals surface area contributed by atoms with Crippen molar-refractivity contribution >= 4 is 16.9 Å². The van der Waals surface area contributed by atoms with Gasteiger partial charge in [-0.05, 0) is 43.7 Å². The number of rotatable bonds is 4. The molecule has 0 radical (unpaired) electrons. The minimum Gasteiger partial charge on any atom is -0.506 e. The molecule has 0 bridgehead atoms. The van der Waals surface area contributed by atoms with Gasteiger partial charge in [-0.15, -0.1) is 0 Å². The number of pyridine rings is 1. The van der Waals surface area contributed by atoms with Gasteiger partial charge in [-0.25, -0.2) is 4.79 Å². The van der Waals surface area contributed by atoms with Gasteiger partial charge in [0.15, 0.2) is 5.56 Å². The lowest BCUT2D eigenvalue weighted by Crippen LogP contribution is -2.37. The van der Waals surface area contributed by atoms with E-state index in [-0.39, 0.29) is 12.1 Å². The monoisotopic (exact) mass is 396 g/mol. The third kappa shape index (κ3) is 3.01. The highest BCUT2D eigenvalue weighted by Gasteiger charge is 2.26. The van der Waals surface area contributed by atoms with E-state index in [9.17, 15) is 19.8 Å². The van der Waals surface area contributed by atoms with E-state index in [0.29, 0.717) is 23.2 Å². The minimum absolute atomic E-state index is 0.0683. The Bertz CT molecular complexity index is 1180. The molecule has 6 N–H and O–H groups in total. The van der Waals surface area contributed by atoms with Crippen LogP contribution in [0.1, 0.15) is 41.0 Å². The summed E-state index contributed by atoms with van der Waals surface area (Å²) in [6.07, 6.45) is 1.23. The maximum absolute atomic E-state index is 12.3. The first-order valence-electron chi connectivity index (χ1n) is 9.63. The Balaban J connectivity index is 1.90. The lowest BCUT2D eigenvalue weighted by molar-refractivity contribution is 0.0691. The number of H-pyrrole nitrogens is 1. The number of nitrogens with one attached hydrogen (secondary N) is 2. The fraction of sp³-hybridized carbons (Fsp3) is 0.333.